The third-order valence-corrected chi connectivity index (χ3v) is 0.849. The number of Topliss-reactive ketones (excluding diaryl/α,β-unsaturated/α-hetero) is 1. The molecule has 50 valence electrons. The highest BCUT2D eigenvalue weighted by Crippen LogP contribution is 1.91. The van der Waals surface area contributed by atoms with Gasteiger partial charge in [-0.2, -0.15) is 0 Å². The minimum Gasteiger partial charge on any atom is -0.328 e. The number of carbonyl (C=O) groups is 1. The van der Waals surface area contributed by atoms with Crippen LogP contribution in [0.4, 0.5) is 0 Å². The second kappa shape index (κ2) is 4.11. The first-order chi connectivity index (χ1) is 4.16. The Kier molecular flexibility index (Phi) is 3.74. The monoisotopic (exact) mass is 125 g/mol. The molecule has 0 amide bonds. The lowest BCUT2D eigenvalue weighted by molar-refractivity contribution is -0.118. The number of hydrogen-bond donors (Lipinski definition) is 1. The van der Waals surface area contributed by atoms with Crippen LogP contribution in [0.3, 0.4) is 0 Å². The van der Waals surface area contributed by atoms with Crippen molar-refractivity contribution < 1.29 is 4.79 Å². The fourth-order valence-corrected chi connectivity index (χ4v) is 0.545. The molecule has 0 aromatic carbocycles. The standard InChI is InChI=1S/C7H11NO/c1-3-4-7(9)5-6(2)8/h1,6H,4-5,8H2,2H3. The molecule has 0 heterocycles. The van der Waals surface area contributed by atoms with Gasteiger partial charge in [0.1, 0.15) is 5.78 Å². The number of ketones is 1. The van der Waals surface area contributed by atoms with Crippen molar-refractivity contribution in [1.29, 1.82) is 0 Å². The largest absolute Gasteiger partial charge is 0.328 e. The second-order valence-corrected chi connectivity index (χ2v) is 2.10. The van der Waals surface area contributed by atoms with Crippen molar-refractivity contribution in [3.8, 4) is 12.3 Å². The van der Waals surface area contributed by atoms with Gasteiger partial charge in [-0.05, 0) is 6.92 Å². The minimum atomic E-state index is -0.0640. The number of hydrogen-bond acceptors (Lipinski definition) is 2. The van der Waals surface area contributed by atoms with E-state index in [-0.39, 0.29) is 18.2 Å². The Morgan fingerprint density at radius 1 is 1.89 bits per heavy atom. The summed E-state index contributed by atoms with van der Waals surface area (Å²) in [7, 11) is 0. The van der Waals surface area contributed by atoms with Crippen LogP contribution >= 0.6 is 0 Å². The van der Waals surface area contributed by atoms with Gasteiger partial charge in [-0.15, -0.1) is 6.42 Å². The average molecular weight is 125 g/mol. The summed E-state index contributed by atoms with van der Waals surface area (Å²) in [5.74, 6) is 2.32. The molecule has 0 spiro atoms. The van der Waals surface area contributed by atoms with Gasteiger partial charge in [-0.3, -0.25) is 4.79 Å². The Morgan fingerprint density at radius 3 is 2.78 bits per heavy atom. The van der Waals surface area contributed by atoms with Crippen LogP contribution in [0.5, 0.6) is 0 Å². The zero-order valence-corrected chi connectivity index (χ0v) is 5.55. The third kappa shape index (κ3) is 5.05. The molecule has 9 heavy (non-hydrogen) atoms. The maximum Gasteiger partial charge on any atom is 0.146 e. The van der Waals surface area contributed by atoms with Gasteiger partial charge in [-0.25, -0.2) is 0 Å². The summed E-state index contributed by atoms with van der Waals surface area (Å²) < 4.78 is 0. The van der Waals surface area contributed by atoms with Gasteiger partial charge in [0.25, 0.3) is 0 Å². The van der Waals surface area contributed by atoms with E-state index in [1.165, 1.54) is 0 Å². The van der Waals surface area contributed by atoms with E-state index in [9.17, 15) is 4.79 Å². The molecule has 1 unspecified atom stereocenters. The molecular formula is C7H11NO. The van der Waals surface area contributed by atoms with Crippen molar-refractivity contribution in [3.05, 3.63) is 0 Å². The number of nitrogens with two attached hydrogens (primary N) is 1. The summed E-state index contributed by atoms with van der Waals surface area (Å²) in [5.41, 5.74) is 5.33. The van der Waals surface area contributed by atoms with Gasteiger partial charge >= 0.3 is 0 Å². The van der Waals surface area contributed by atoms with Crippen LogP contribution in [-0.4, -0.2) is 11.8 Å². The van der Waals surface area contributed by atoms with Gasteiger partial charge in [0, 0.05) is 12.5 Å². The van der Waals surface area contributed by atoms with E-state index in [1.807, 2.05) is 0 Å². The fourth-order valence-electron chi connectivity index (χ4n) is 0.545. The number of terminal acetylenes is 1. The van der Waals surface area contributed by atoms with Crippen LogP contribution in [-0.2, 0) is 4.79 Å². The highest BCUT2D eigenvalue weighted by atomic mass is 16.1. The molecule has 2 nitrogen and oxygen atoms in total. The highest BCUT2D eigenvalue weighted by Gasteiger charge is 2.01. The molecule has 0 fully saturated rings. The Labute approximate surface area is 55.4 Å². The topological polar surface area (TPSA) is 43.1 Å². The van der Waals surface area contributed by atoms with E-state index in [0.29, 0.717) is 6.42 Å². The van der Waals surface area contributed by atoms with Gasteiger partial charge in [0.05, 0.1) is 6.42 Å². The SMILES string of the molecule is C#CCC(=O)CC(C)N. The van der Waals surface area contributed by atoms with Crippen LogP contribution in [0.1, 0.15) is 19.8 Å². The summed E-state index contributed by atoms with van der Waals surface area (Å²) >= 11 is 0. The zero-order chi connectivity index (χ0) is 7.28. The second-order valence-electron chi connectivity index (χ2n) is 2.10. The lowest BCUT2D eigenvalue weighted by atomic mass is 10.1. The molecule has 0 saturated carbocycles. The van der Waals surface area contributed by atoms with E-state index in [4.69, 9.17) is 12.2 Å². The Balaban J connectivity index is 3.42. The summed E-state index contributed by atoms with van der Waals surface area (Å²) in [6, 6.07) is -0.0640. The maximum absolute atomic E-state index is 10.6. The third-order valence-electron chi connectivity index (χ3n) is 0.849. The zero-order valence-electron chi connectivity index (χ0n) is 5.55. The lowest BCUT2D eigenvalue weighted by Crippen LogP contribution is -2.19. The molecule has 2 heteroatoms. The molecule has 0 aromatic heterocycles. The molecule has 0 bridgehead atoms. The van der Waals surface area contributed by atoms with Crippen LogP contribution in [0.25, 0.3) is 0 Å². The first-order valence-corrected chi connectivity index (χ1v) is 2.87. The van der Waals surface area contributed by atoms with Gasteiger partial charge in [-0.1, -0.05) is 5.92 Å². The van der Waals surface area contributed by atoms with Crippen LogP contribution < -0.4 is 5.73 Å². The predicted molar refractivity (Wildman–Crippen MR) is 36.7 cm³/mol. The van der Waals surface area contributed by atoms with E-state index >= 15 is 0 Å². The Bertz CT molecular complexity index is 132. The normalized spacial score (nSPS) is 12.1. The molecule has 0 aliphatic heterocycles. The van der Waals surface area contributed by atoms with Gasteiger partial charge in [0.15, 0.2) is 0 Å². The highest BCUT2D eigenvalue weighted by molar-refractivity contribution is 5.81. The predicted octanol–water partition coefficient (Wildman–Crippen LogP) is 0.316. The van der Waals surface area contributed by atoms with Gasteiger partial charge < -0.3 is 5.73 Å². The van der Waals surface area contributed by atoms with Crippen molar-refractivity contribution in [1.82, 2.24) is 0 Å². The molecule has 0 aliphatic carbocycles. The quantitative estimate of drug-likeness (QED) is 0.552. The van der Waals surface area contributed by atoms with Crippen LogP contribution in [0, 0.1) is 12.3 Å². The smallest absolute Gasteiger partial charge is 0.146 e. The number of rotatable bonds is 3. The summed E-state index contributed by atoms with van der Waals surface area (Å²) in [5, 5.41) is 0. The Hall–Kier alpha value is -0.810. The first-order valence-electron chi connectivity index (χ1n) is 2.87. The Morgan fingerprint density at radius 2 is 2.44 bits per heavy atom. The van der Waals surface area contributed by atoms with E-state index in [1.54, 1.807) is 6.92 Å². The van der Waals surface area contributed by atoms with E-state index in [2.05, 4.69) is 5.92 Å². The van der Waals surface area contributed by atoms with Crippen molar-refractivity contribution >= 4 is 5.78 Å². The maximum atomic E-state index is 10.6. The van der Waals surface area contributed by atoms with Crippen molar-refractivity contribution in [2.75, 3.05) is 0 Å². The number of carbonyl (C=O) groups excluding carboxylic acids is 1. The molecule has 0 aliphatic rings. The van der Waals surface area contributed by atoms with Crippen molar-refractivity contribution in [3.63, 3.8) is 0 Å². The molecule has 0 aromatic rings. The average Bonchev–Trinajstić information content (AvgIpc) is 1.63. The van der Waals surface area contributed by atoms with E-state index in [0.717, 1.165) is 0 Å². The summed E-state index contributed by atoms with van der Waals surface area (Å²) in [6.07, 6.45) is 5.50. The van der Waals surface area contributed by atoms with Gasteiger partial charge in [0.2, 0.25) is 0 Å². The first kappa shape index (κ1) is 8.19. The summed E-state index contributed by atoms with van der Waals surface area (Å²) in [4.78, 5) is 10.6. The van der Waals surface area contributed by atoms with E-state index < -0.39 is 0 Å². The van der Waals surface area contributed by atoms with Crippen molar-refractivity contribution in [2.24, 2.45) is 5.73 Å². The molecule has 0 saturated heterocycles. The molecule has 2 N–H and O–H groups in total. The van der Waals surface area contributed by atoms with Crippen LogP contribution in [0.15, 0.2) is 0 Å². The van der Waals surface area contributed by atoms with Crippen LogP contribution in [0.2, 0.25) is 0 Å². The molecule has 0 rings (SSSR count). The lowest BCUT2D eigenvalue weighted by Gasteiger charge is -1.99. The molecule has 0 radical (unpaired) electrons. The molecular weight excluding hydrogens is 114 g/mol. The molecule has 1 atom stereocenters. The fraction of sp³-hybridized carbons (Fsp3) is 0.571. The van der Waals surface area contributed by atoms with Crippen molar-refractivity contribution in [2.45, 2.75) is 25.8 Å². The summed E-state index contributed by atoms with van der Waals surface area (Å²) in [6.45, 7) is 1.79. The minimum absolute atomic E-state index is 0.0486.